The molecule has 1 aliphatic carbocycles. The molecular weight excluding hydrogens is 254 g/mol. The van der Waals surface area contributed by atoms with Crippen LogP contribution in [0.15, 0.2) is 24.3 Å². The van der Waals surface area contributed by atoms with Gasteiger partial charge in [-0.3, -0.25) is 4.79 Å². The summed E-state index contributed by atoms with van der Waals surface area (Å²) < 4.78 is 0. The molecule has 0 spiro atoms. The summed E-state index contributed by atoms with van der Waals surface area (Å²) >= 11 is 0. The maximum absolute atomic E-state index is 12.5. The Hall–Kier alpha value is -1.84. The molecule has 0 aromatic heterocycles. The molecule has 4 nitrogen and oxygen atoms in total. The van der Waals surface area contributed by atoms with E-state index in [9.17, 15) is 9.59 Å². The highest BCUT2D eigenvalue weighted by Crippen LogP contribution is 2.28. The van der Waals surface area contributed by atoms with Crippen molar-refractivity contribution in [2.75, 3.05) is 7.05 Å². The Morgan fingerprint density at radius 3 is 2.50 bits per heavy atom. The minimum absolute atomic E-state index is 0.0909. The second-order valence-electron chi connectivity index (χ2n) is 5.63. The maximum Gasteiger partial charge on any atom is 0.335 e. The number of carbonyl (C=O) groups is 2. The fourth-order valence-corrected chi connectivity index (χ4v) is 3.01. The van der Waals surface area contributed by atoms with Crippen molar-refractivity contribution in [3.63, 3.8) is 0 Å². The monoisotopic (exact) mass is 275 g/mol. The molecule has 2 rings (SSSR count). The summed E-state index contributed by atoms with van der Waals surface area (Å²) in [6, 6.07) is 6.51. The van der Waals surface area contributed by atoms with Crippen LogP contribution in [0.2, 0.25) is 0 Å². The number of nitrogens with zero attached hydrogens (tertiary/aromatic N) is 1. The third-order valence-corrected chi connectivity index (χ3v) is 4.24. The van der Waals surface area contributed by atoms with Gasteiger partial charge in [0.15, 0.2) is 0 Å². The number of amides is 1. The van der Waals surface area contributed by atoms with Crippen molar-refractivity contribution in [1.29, 1.82) is 0 Å². The Balaban J connectivity index is 2.17. The van der Waals surface area contributed by atoms with Crippen LogP contribution in [0, 0.1) is 5.92 Å². The minimum Gasteiger partial charge on any atom is -0.478 e. The lowest BCUT2D eigenvalue weighted by Gasteiger charge is -2.36. The summed E-state index contributed by atoms with van der Waals surface area (Å²) in [5.41, 5.74) is 0.603. The van der Waals surface area contributed by atoms with Crippen molar-refractivity contribution in [3.8, 4) is 0 Å². The molecule has 1 aliphatic rings. The molecule has 1 N–H and O–H groups in total. The molecule has 4 heteroatoms. The van der Waals surface area contributed by atoms with Crippen LogP contribution in [0.4, 0.5) is 0 Å². The standard InChI is InChI=1S/C16H21NO3/c1-11-6-3-4-9-14(11)17(2)15(18)12-7-5-8-13(10-12)16(19)20/h5,7-8,10-11,14H,3-4,6,9H2,1-2H3,(H,19,20). The van der Waals surface area contributed by atoms with Gasteiger partial charge in [0, 0.05) is 18.7 Å². The second-order valence-corrected chi connectivity index (χ2v) is 5.63. The normalized spacial score (nSPS) is 22.3. The zero-order valence-electron chi connectivity index (χ0n) is 12.0. The van der Waals surface area contributed by atoms with Crippen LogP contribution >= 0.6 is 0 Å². The van der Waals surface area contributed by atoms with Crippen molar-refractivity contribution < 1.29 is 14.7 Å². The molecule has 108 valence electrons. The molecule has 1 saturated carbocycles. The highest BCUT2D eigenvalue weighted by atomic mass is 16.4. The number of carbonyl (C=O) groups excluding carboxylic acids is 1. The Labute approximate surface area is 119 Å². The molecule has 0 bridgehead atoms. The van der Waals surface area contributed by atoms with Gasteiger partial charge in [0.05, 0.1) is 5.56 Å². The highest BCUT2D eigenvalue weighted by Gasteiger charge is 2.28. The van der Waals surface area contributed by atoms with Crippen molar-refractivity contribution in [2.24, 2.45) is 5.92 Å². The zero-order chi connectivity index (χ0) is 14.7. The average molecular weight is 275 g/mol. The number of carboxylic acids is 1. The van der Waals surface area contributed by atoms with E-state index >= 15 is 0 Å². The minimum atomic E-state index is -1.01. The van der Waals surface area contributed by atoms with Crippen molar-refractivity contribution in [3.05, 3.63) is 35.4 Å². The van der Waals surface area contributed by atoms with Crippen LogP contribution in [-0.4, -0.2) is 35.0 Å². The fourth-order valence-electron chi connectivity index (χ4n) is 3.01. The van der Waals surface area contributed by atoms with Gasteiger partial charge in [-0.25, -0.2) is 4.79 Å². The second kappa shape index (κ2) is 6.07. The van der Waals surface area contributed by atoms with Gasteiger partial charge in [-0.2, -0.15) is 0 Å². The molecular formula is C16H21NO3. The molecule has 0 saturated heterocycles. The molecule has 1 amide bonds. The molecule has 2 unspecified atom stereocenters. The van der Waals surface area contributed by atoms with E-state index in [-0.39, 0.29) is 17.5 Å². The number of carboxylic acid groups (broad SMARTS) is 1. The van der Waals surface area contributed by atoms with E-state index in [4.69, 9.17) is 5.11 Å². The largest absolute Gasteiger partial charge is 0.478 e. The first-order valence-corrected chi connectivity index (χ1v) is 7.11. The number of hydrogen-bond donors (Lipinski definition) is 1. The lowest BCUT2D eigenvalue weighted by atomic mass is 9.85. The molecule has 1 aromatic rings. The van der Waals surface area contributed by atoms with Gasteiger partial charge in [-0.15, -0.1) is 0 Å². The first kappa shape index (κ1) is 14.6. The summed E-state index contributed by atoms with van der Waals surface area (Å²) in [5.74, 6) is -0.597. The lowest BCUT2D eigenvalue weighted by molar-refractivity contribution is 0.0629. The molecule has 0 aliphatic heterocycles. The van der Waals surface area contributed by atoms with Gasteiger partial charge in [-0.1, -0.05) is 25.8 Å². The predicted molar refractivity (Wildman–Crippen MR) is 76.9 cm³/mol. The van der Waals surface area contributed by atoms with Gasteiger partial charge in [-0.05, 0) is 37.0 Å². The molecule has 0 heterocycles. The van der Waals surface area contributed by atoms with Crippen LogP contribution in [0.1, 0.15) is 53.3 Å². The van der Waals surface area contributed by atoms with Gasteiger partial charge in [0.2, 0.25) is 0 Å². The zero-order valence-corrected chi connectivity index (χ0v) is 12.0. The first-order valence-electron chi connectivity index (χ1n) is 7.11. The summed E-state index contributed by atoms with van der Waals surface area (Å²) in [7, 11) is 1.82. The quantitative estimate of drug-likeness (QED) is 0.922. The van der Waals surface area contributed by atoms with Gasteiger partial charge in [0.1, 0.15) is 0 Å². The lowest BCUT2D eigenvalue weighted by Crippen LogP contribution is -2.42. The molecule has 0 radical (unpaired) electrons. The van der Waals surface area contributed by atoms with E-state index in [2.05, 4.69) is 6.92 Å². The smallest absolute Gasteiger partial charge is 0.335 e. The third-order valence-electron chi connectivity index (χ3n) is 4.24. The molecule has 1 aromatic carbocycles. The highest BCUT2D eigenvalue weighted by molar-refractivity contribution is 5.97. The van der Waals surface area contributed by atoms with Crippen LogP contribution < -0.4 is 0 Å². The Morgan fingerprint density at radius 1 is 1.20 bits per heavy atom. The first-order chi connectivity index (χ1) is 9.50. The van der Waals surface area contributed by atoms with Crippen LogP contribution in [0.5, 0.6) is 0 Å². The van der Waals surface area contributed by atoms with E-state index in [1.54, 1.807) is 17.0 Å². The van der Waals surface area contributed by atoms with E-state index in [1.165, 1.54) is 18.6 Å². The Kier molecular flexibility index (Phi) is 4.42. The molecule has 20 heavy (non-hydrogen) atoms. The van der Waals surface area contributed by atoms with Crippen molar-refractivity contribution in [1.82, 2.24) is 4.90 Å². The number of aromatic carboxylic acids is 1. The van der Waals surface area contributed by atoms with E-state index < -0.39 is 5.97 Å². The van der Waals surface area contributed by atoms with E-state index in [0.29, 0.717) is 11.5 Å². The SMILES string of the molecule is CC1CCCCC1N(C)C(=O)c1cccc(C(=O)O)c1. The fraction of sp³-hybridized carbons (Fsp3) is 0.500. The Bertz CT molecular complexity index is 512. The van der Waals surface area contributed by atoms with Gasteiger partial charge < -0.3 is 10.0 Å². The van der Waals surface area contributed by atoms with Crippen molar-refractivity contribution >= 4 is 11.9 Å². The Morgan fingerprint density at radius 2 is 1.85 bits per heavy atom. The van der Waals surface area contributed by atoms with Gasteiger partial charge in [0.25, 0.3) is 5.91 Å². The number of hydrogen-bond acceptors (Lipinski definition) is 2. The average Bonchev–Trinajstić information content (AvgIpc) is 2.46. The summed E-state index contributed by atoms with van der Waals surface area (Å²) in [6.07, 6.45) is 4.56. The summed E-state index contributed by atoms with van der Waals surface area (Å²) in [5, 5.41) is 9.00. The summed E-state index contributed by atoms with van der Waals surface area (Å²) in [6.45, 7) is 2.18. The third kappa shape index (κ3) is 3.00. The molecule has 2 atom stereocenters. The number of rotatable bonds is 3. The van der Waals surface area contributed by atoms with E-state index in [1.807, 2.05) is 7.05 Å². The van der Waals surface area contributed by atoms with Crippen LogP contribution in [-0.2, 0) is 0 Å². The van der Waals surface area contributed by atoms with Crippen LogP contribution in [0.3, 0.4) is 0 Å². The maximum atomic E-state index is 12.5. The number of benzene rings is 1. The van der Waals surface area contributed by atoms with E-state index in [0.717, 1.165) is 19.3 Å². The van der Waals surface area contributed by atoms with Crippen LogP contribution in [0.25, 0.3) is 0 Å². The topological polar surface area (TPSA) is 57.6 Å². The van der Waals surface area contributed by atoms with Crippen molar-refractivity contribution in [2.45, 2.75) is 38.6 Å². The predicted octanol–water partition coefficient (Wildman–Crippen LogP) is 3.04. The van der Waals surface area contributed by atoms with Gasteiger partial charge >= 0.3 is 5.97 Å². The molecule has 1 fully saturated rings. The summed E-state index contributed by atoms with van der Waals surface area (Å²) in [4.78, 5) is 25.3.